The predicted octanol–water partition coefficient (Wildman–Crippen LogP) is 3.17. The van der Waals surface area contributed by atoms with Crippen LogP contribution in [0.2, 0.25) is 0 Å². The Hall–Kier alpha value is -1.87. The number of thiophene rings is 1. The van der Waals surface area contributed by atoms with Gasteiger partial charge >= 0.3 is 5.97 Å². The third kappa shape index (κ3) is 3.56. The maximum atomic E-state index is 12.0. The van der Waals surface area contributed by atoms with E-state index in [-0.39, 0.29) is 24.4 Å². The van der Waals surface area contributed by atoms with Crippen molar-refractivity contribution in [2.75, 3.05) is 11.9 Å². The number of nitrogens with one attached hydrogen (secondary N) is 1. The van der Waals surface area contributed by atoms with E-state index in [2.05, 4.69) is 11.4 Å². The first-order valence-corrected chi connectivity index (χ1v) is 9.02. The number of aryl methyl sites for hydroxylation is 1. The maximum absolute atomic E-state index is 12.0. The fraction of sp³-hybridized carbons (Fsp3) is 0.588. The van der Waals surface area contributed by atoms with E-state index in [4.69, 9.17) is 4.74 Å². The molecule has 23 heavy (non-hydrogen) atoms. The molecule has 0 radical (unpaired) electrons. The number of ether oxygens (including phenoxy) is 1. The van der Waals surface area contributed by atoms with Gasteiger partial charge in [-0.05, 0) is 44.1 Å². The summed E-state index contributed by atoms with van der Waals surface area (Å²) in [4.78, 5) is 24.9. The first kappa shape index (κ1) is 16.0. The Morgan fingerprint density at radius 2 is 2.00 bits per heavy atom. The van der Waals surface area contributed by atoms with E-state index in [0.717, 1.165) is 50.5 Å². The molecule has 0 saturated heterocycles. The van der Waals surface area contributed by atoms with E-state index in [1.54, 1.807) is 0 Å². The van der Waals surface area contributed by atoms with Gasteiger partial charge in [-0.25, -0.2) is 0 Å². The molecule has 1 fully saturated rings. The van der Waals surface area contributed by atoms with Crippen molar-refractivity contribution in [1.82, 2.24) is 0 Å². The summed E-state index contributed by atoms with van der Waals surface area (Å²) in [6.07, 6.45) is 8.05. The Kier molecular flexibility index (Phi) is 4.97. The minimum atomic E-state index is -0.370. The van der Waals surface area contributed by atoms with Crippen LogP contribution in [0, 0.1) is 17.2 Å². The largest absolute Gasteiger partial charge is 0.455 e. The van der Waals surface area contributed by atoms with Gasteiger partial charge in [0.05, 0.1) is 11.5 Å². The second-order valence-corrected chi connectivity index (χ2v) is 7.27. The van der Waals surface area contributed by atoms with Crippen LogP contribution in [0.4, 0.5) is 5.00 Å². The molecule has 6 heteroatoms. The SMILES string of the molecule is N#Cc1c(NC(=O)COC(=O)C2CCC2)sc2c1CCCCC2. The van der Waals surface area contributed by atoms with Crippen molar-refractivity contribution in [3.63, 3.8) is 0 Å². The Balaban J connectivity index is 1.62. The molecule has 0 aliphatic heterocycles. The summed E-state index contributed by atoms with van der Waals surface area (Å²) in [5, 5.41) is 12.8. The smallest absolute Gasteiger partial charge is 0.309 e. The first-order valence-electron chi connectivity index (χ1n) is 8.20. The Bertz CT molecular complexity index is 656. The molecule has 1 aromatic rings. The van der Waals surface area contributed by atoms with Crippen molar-refractivity contribution >= 4 is 28.2 Å². The lowest BCUT2D eigenvalue weighted by molar-refractivity contribution is -0.154. The zero-order chi connectivity index (χ0) is 16.2. The number of hydrogen-bond acceptors (Lipinski definition) is 5. The van der Waals surface area contributed by atoms with Crippen molar-refractivity contribution in [3.05, 3.63) is 16.0 Å². The van der Waals surface area contributed by atoms with Crippen LogP contribution < -0.4 is 5.32 Å². The minimum Gasteiger partial charge on any atom is -0.455 e. The minimum absolute atomic E-state index is 0.0322. The van der Waals surface area contributed by atoms with Gasteiger partial charge in [0.2, 0.25) is 0 Å². The number of anilines is 1. The second kappa shape index (κ2) is 7.14. The number of carbonyl (C=O) groups is 2. The van der Waals surface area contributed by atoms with Crippen molar-refractivity contribution in [2.24, 2.45) is 5.92 Å². The molecule has 0 atom stereocenters. The summed E-state index contributed by atoms with van der Waals surface area (Å²) < 4.78 is 5.05. The van der Waals surface area contributed by atoms with Crippen molar-refractivity contribution in [1.29, 1.82) is 5.26 Å². The molecule has 1 saturated carbocycles. The molecule has 2 aliphatic carbocycles. The molecule has 3 rings (SSSR count). The van der Waals surface area contributed by atoms with E-state index in [1.165, 1.54) is 22.6 Å². The monoisotopic (exact) mass is 332 g/mol. The number of rotatable bonds is 4. The molecule has 5 nitrogen and oxygen atoms in total. The molecule has 0 aromatic carbocycles. The molecule has 1 amide bonds. The Labute approximate surface area is 139 Å². The molecule has 2 aliphatic rings. The Morgan fingerprint density at radius 1 is 1.22 bits per heavy atom. The van der Waals surface area contributed by atoms with Crippen LogP contribution in [0.25, 0.3) is 0 Å². The number of nitriles is 1. The van der Waals surface area contributed by atoms with Crippen LogP contribution in [-0.2, 0) is 27.2 Å². The zero-order valence-corrected chi connectivity index (χ0v) is 13.8. The van der Waals surface area contributed by atoms with Gasteiger partial charge < -0.3 is 10.1 Å². The normalized spacial score (nSPS) is 17.3. The van der Waals surface area contributed by atoms with Crippen molar-refractivity contribution in [3.8, 4) is 6.07 Å². The van der Waals surface area contributed by atoms with Gasteiger partial charge in [0.1, 0.15) is 11.1 Å². The highest BCUT2D eigenvalue weighted by molar-refractivity contribution is 7.16. The van der Waals surface area contributed by atoms with Crippen molar-refractivity contribution in [2.45, 2.75) is 51.4 Å². The van der Waals surface area contributed by atoms with Gasteiger partial charge in [0.15, 0.2) is 6.61 Å². The predicted molar refractivity (Wildman–Crippen MR) is 87.2 cm³/mol. The number of fused-ring (bicyclic) bond motifs is 1. The van der Waals surface area contributed by atoms with Gasteiger partial charge in [-0.15, -0.1) is 11.3 Å². The number of hydrogen-bond donors (Lipinski definition) is 1. The highest BCUT2D eigenvalue weighted by atomic mass is 32.1. The van der Waals surface area contributed by atoms with E-state index in [0.29, 0.717) is 10.6 Å². The highest BCUT2D eigenvalue weighted by Gasteiger charge is 2.27. The zero-order valence-electron chi connectivity index (χ0n) is 13.0. The third-order valence-electron chi connectivity index (χ3n) is 4.57. The van der Waals surface area contributed by atoms with Crippen LogP contribution in [0.3, 0.4) is 0 Å². The topological polar surface area (TPSA) is 79.2 Å². The molecule has 0 unspecified atom stereocenters. The second-order valence-electron chi connectivity index (χ2n) is 6.16. The number of amides is 1. The summed E-state index contributed by atoms with van der Waals surface area (Å²) in [5.74, 6) is -0.685. The van der Waals surface area contributed by atoms with E-state index >= 15 is 0 Å². The average Bonchev–Trinajstić information content (AvgIpc) is 2.64. The van der Waals surface area contributed by atoms with Crippen molar-refractivity contribution < 1.29 is 14.3 Å². The molecular weight excluding hydrogens is 312 g/mol. The molecular formula is C17H20N2O3S. The average molecular weight is 332 g/mol. The van der Waals surface area contributed by atoms with Crippen LogP contribution in [0.15, 0.2) is 0 Å². The molecule has 1 aromatic heterocycles. The van der Waals surface area contributed by atoms with Gasteiger partial charge in [0.25, 0.3) is 5.91 Å². The molecule has 122 valence electrons. The van der Waals surface area contributed by atoms with Gasteiger partial charge in [-0.1, -0.05) is 12.8 Å². The summed E-state index contributed by atoms with van der Waals surface area (Å²) >= 11 is 1.49. The molecule has 0 spiro atoms. The fourth-order valence-electron chi connectivity index (χ4n) is 3.01. The number of nitrogens with zero attached hydrogens (tertiary/aromatic N) is 1. The van der Waals surface area contributed by atoms with E-state index in [1.807, 2.05) is 0 Å². The lowest BCUT2D eigenvalue weighted by Crippen LogP contribution is -2.28. The highest BCUT2D eigenvalue weighted by Crippen LogP contribution is 2.37. The maximum Gasteiger partial charge on any atom is 0.309 e. The van der Waals surface area contributed by atoms with Crippen LogP contribution in [0.1, 0.15) is 54.5 Å². The molecule has 1 N–H and O–H groups in total. The summed E-state index contributed by atoms with van der Waals surface area (Å²) in [6.45, 7) is -0.275. The van der Waals surface area contributed by atoms with E-state index < -0.39 is 0 Å². The molecule has 0 bridgehead atoms. The van der Waals surface area contributed by atoms with E-state index in [9.17, 15) is 14.9 Å². The number of esters is 1. The lowest BCUT2D eigenvalue weighted by Gasteiger charge is -2.22. The van der Waals surface area contributed by atoms with Crippen LogP contribution in [-0.4, -0.2) is 18.5 Å². The van der Waals surface area contributed by atoms with Gasteiger partial charge in [-0.3, -0.25) is 9.59 Å². The fourth-order valence-corrected chi connectivity index (χ4v) is 4.27. The van der Waals surface area contributed by atoms with Crippen LogP contribution in [0.5, 0.6) is 0 Å². The summed E-state index contributed by atoms with van der Waals surface area (Å²) in [6, 6.07) is 2.23. The lowest BCUT2D eigenvalue weighted by atomic mass is 9.86. The standard InChI is InChI=1S/C17H20N2O3S/c18-9-13-12-7-2-1-3-8-14(12)23-16(13)19-15(20)10-22-17(21)11-5-4-6-11/h11H,1-8,10H2,(H,19,20). The summed E-state index contributed by atoms with van der Waals surface area (Å²) in [5.41, 5.74) is 1.68. The van der Waals surface area contributed by atoms with Crippen LogP contribution >= 0.6 is 11.3 Å². The first-order chi connectivity index (χ1) is 11.2. The number of carbonyl (C=O) groups excluding carboxylic acids is 2. The Morgan fingerprint density at radius 3 is 2.70 bits per heavy atom. The summed E-state index contributed by atoms with van der Waals surface area (Å²) in [7, 11) is 0. The van der Waals surface area contributed by atoms with Gasteiger partial charge in [-0.2, -0.15) is 5.26 Å². The quantitative estimate of drug-likeness (QED) is 0.678. The third-order valence-corrected chi connectivity index (χ3v) is 5.78. The molecule has 1 heterocycles. The van der Waals surface area contributed by atoms with Gasteiger partial charge in [0, 0.05) is 4.88 Å².